The summed E-state index contributed by atoms with van der Waals surface area (Å²) in [5.41, 5.74) is 2.47. The smallest absolute Gasteiger partial charge is 0.0844 e. The molecular formula is C13H21NO. The Hall–Kier alpha value is -1.02. The summed E-state index contributed by atoms with van der Waals surface area (Å²) in [7, 11) is 5.86. The van der Waals surface area contributed by atoms with Gasteiger partial charge in [0.15, 0.2) is 0 Å². The van der Waals surface area contributed by atoms with Crippen LogP contribution in [0.2, 0.25) is 0 Å². The summed E-state index contributed by atoms with van der Waals surface area (Å²) >= 11 is 0. The van der Waals surface area contributed by atoms with Crippen molar-refractivity contribution in [1.82, 2.24) is 0 Å². The lowest BCUT2D eigenvalue weighted by atomic mass is 9.99. The summed E-state index contributed by atoms with van der Waals surface area (Å²) in [6, 6.07) is 8.54. The van der Waals surface area contributed by atoms with E-state index in [-0.39, 0.29) is 6.10 Å². The van der Waals surface area contributed by atoms with E-state index < -0.39 is 0 Å². The van der Waals surface area contributed by atoms with E-state index in [4.69, 9.17) is 4.74 Å². The molecule has 0 spiro atoms. The number of anilines is 1. The highest BCUT2D eigenvalue weighted by Crippen LogP contribution is 2.26. The molecule has 0 fully saturated rings. The molecule has 2 heteroatoms. The number of hydrogen-bond acceptors (Lipinski definition) is 2. The highest BCUT2D eigenvalue weighted by atomic mass is 16.5. The predicted octanol–water partition coefficient (Wildman–Crippen LogP) is 3.10. The molecule has 15 heavy (non-hydrogen) atoms. The minimum Gasteiger partial charge on any atom is -0.378 e. The molecule has 0 bridgehead atoms. The van der Waals surface area contributed by atoms with Crippen molar-refractivity contribution in [3.63, 3.8) is 0 Å². The van der Waals surface area contributed by atoms with Gasteiger partial charge in [0, 0.05) is 26.9 Å². The van der Waals surface area contributed by atoms with Gasteiger partial charge in [0.05, 0.1) is 6.10 Å². The molecule has 0 heterocycles. The van der Waals surface area contributed by atoms with E-state index in [1.165, 1.54) is 11.3 Å². The first-order valence-corrected chi connectivity index (χ1v) is 5.36. The Morgan fingerprint density at radius 2 is 1.60 bits per heavy atom. The summed E-state index contributed by atoms with van der Waals surface area (Å²) in [5, 5.41) is 0. The van der Waals surface area contributed by atoms with Crippen molar-refractivity contribution in [3.05, 3.63) is 29.8 Å². The fraction of sp³-hybridized carbons (Fsp3) is 0.538. The van der Waals surface area contributed by atoms with Crippen molar-refractivity contribution >= 4 is 5.69 Å². The van der Waals surface area contributed by atoms with Crippen LogP contribution in [0.1, 0.15) is 25.5 Å². The quantitative estimate of drug-likeness (QED) is 0.752. The Bertz CT molecular complexity index is 290. The zero-order valence-electron chi connectivity index (χ0n) is 10.3. The Morgan fingerprint density at radius 3 is 1.93 bits per heavy atom. The average molecular weight is 207 g/mol. The van der Waals surface area contributed by atoms with E-state index in [9.17, 15) is 0 Å². The van der Waals surface area contributed by atoms with Gasteiger partial charge in [-0.05, 0) is 23.6 Å². The van der Waals surface area contributed by atoms with Crippen molar-refractivity contribution in [3.8, 4) is 0 Å². The molecular weight excluding hydrogens is 186 g/mol. The van der Waals surface area contributed by atoms with Gasteiger partial charge in [0.1, 0.15) is 0 Å². The lowest BCUT2D eigenvalue weighted by molar-refractivity contribution is 0.0646. The summed E-state index contributed by atoms with van der Waals surface area (Å²) in [4.78, 5) is 2.10. The molecule has 1 aromatic carbocycles. The second kappa shape index (κ2) is 5.17. The van der Waals surface area contributed by atoms with Gasteiger partial charge in [0.25, 0.3) is 0 Å². The van der Waals surface area contributed by atoms with E-state index >= 15 is 0 Å². The lowest BCUT2D eigenvalue weighted by Gasteiger charge is -2.20. The Labute approximate surface area is 92.9 Å². The molecule has 1 atom stereocenters. The monoisotopic (exact) mass is 207 g/mol. The van der Waals surface area contributed by atoms with Crippen LogP contribution in [-0.2, 0) is 4.74 Å². The summed E-state index contributed by atoms with van der Waals surface area (Å²) in [5.74, 6) is 0.500. The van der Waals surface area contributed by atoms with E-state index in [2.05, 4.69) is 43.0 Å². The third-order valence-corrected chi connectivity index (χ3v) is 2.60. The van der Waals surface area contributed by atoms with Crippen LogP contribution >= 0.6 is 0 Å². The van der Waals surface area contributed by atoms with Gasteiger partial charge >= 0.3 is 0 Å². The molecule has 0 amide bonds. The maximum absolute atomic E-state index is 5.48. The molecule has 0 radical (unpaired) electrons. The van der Waals surface area contributed by atoms with Crippen molar-refractivity contribution in [2.75, 3.05) is 26.1 Å². The highest BCUT2D eigenvalue weighted by molar-refractivity contribution is 5.46. The zero-order chi connectivity index (χ0) is 11.4. The predicted molar refractivity (Wildman–Crippen MR) is 65.4 cm³/mol. The lowest BCUT2D eigenvalue weighted by Crippen LogP contribution is -2.11. The first kappa shape index (κ1) is 12.1. The van der Waals surface area contributed by atoms with Gasteiger partial charge in [-0.25, -0.2) is 0 Å². The molecule has 0 aliphatic rings. The minimum atomic E-state index is 0.196. The standard InChI is InChI=1S/C13H21NO/c1-10(2)13(15-5)11-6-8-12(9-7-11)14(3)4/h6-10,13H,1-5H3. The molecule has 0 aliphatic carbocycles. The summed E-state index contributed by atoms with van der Waals surface area (Å²) in [6.07, 6.45) is 0.196. The number of ether oxygens (including phenoxy) is 1. The van der Waals surface area contributed by atoms with Gasteiger partial charge in [-0.1, -0.05) is 26.0 Å². The number of rotatable bonds is 4. The summed E-state index contributed by atoms with van der Waals surface area (Å²) in [6.45, 7) is 4.35. The minimum absolute atomic E-state index is 0.196. The number of benzene rings is 1. The molecule has 0 aromatic heterocycles. The third-order valence-electron chi connectivity index (χ3n) is 2.60. The van der Waals surface area contributed by atoms with E-state index in [0.717, 1.165) is 0 Å². The molecule has 1 unspecified atom stereocenters. The fourth-order valence-corrected chi connectivity index (χ4v) is 1.76. The maximum Gasteiger partial charge on any atom is 0.0844 e. The molecule has 0 saturated heterocycles. The first-order valence-electron chi connectivity index (χ1n) is 5.36. The van der Waals surface area contributed by atoms with E-state index in [0.29, 0.717) is 5.92 Å². The second-order valence-corrected chi connectivity index (χ2v) is 4.39. The van der Waals surface area contributed by atoms with Crippen molar-refractivity contribution in [1.29, 1.82) is 0 Å². The van der Waals surface area contributed by atoms with E-state index in [1.54, 1.807) is 7.11 Å². The Balaban J connectivity index is 2.87. The third kappa shape index (κ3) is 2.96. The fourth-order valence-electron chi connectivity index (χ4n) is 1.76. The van der Waals surface area contributed by atoms with Gasteiger partial charge in [-0.3, -0.25) is 0 Å². The van der Waals surface area contributed by atoms with E-state index in [1.807, 2.05) is 14.1 Å². The van der Waals surface area contributed by atoms with Crippen LogP contribution in [0.4, 0.5) is 5.69 Å². The summed E-state index contributed by atoms with van der Waals surface area (Å²) < 4.78 is 5.48. The Kier molecular flexibility index (Phi) is 4.15. The zero-order valence-corrected chi connectivity index (χ0v) is 10.3. The van der Waals surface area contributed by atoms with Crippen LogP contribution in [-0.4, -0.2) is 21.2 Å². The maximum atomic E-state index is 5.48. The van der Waals surface area contributed by atoms with Crippen LogP contribution in [0, 0.1) is 5.92 Å². The van der Waals surface area contributed by atoms with Crippen LogP contribution in [0.15, 0.2) is 24.3 Å². The first-order chi connectivity index (χ1) is 7.06. The topological polar surface area (TPSA) is 12.5 Å². The highest BCUT2D eigenvalue weighted by Gasteiger charge is 2.14. The van der Waals surface area contributed by atoms with Crippen molar-refractivity contribution < 1.29 is 4.74 Å². The second-order valence-electron chi connectivity index (χ2n) is 4.39. The van der Waals surface area contributed by atoms with Crippen LogP contribution in [0.5, 0.6) is 0 Å². The van der Waals surface area contributed by atoms with Gasteiger partial charge in [-0.15, -0.1) is 0 Å². The Morgan fingerprint density at radius 1 is 1.07 bits per heavy atom. The molecule has 0 aliphatic heterocycles. The average Bonchev–Trinajstić information content (AvgIpc) is 2.19. The molecule has 1 aromatic rings. The van der Waals surface area contributed by atoms with Gasteiger partial charge < -0.3 is 9.64 Å². The largest absolute Gasteiger partial charge is 0.378 e. The molecule has 2 nitrogen and oxygen atoms in total. The SMILES string of the molecule is COC(c1ccc(N(C)C)cc1)C(C)C. The number of hydrogen-bond donors (Lipinski definition) is 0. The number of nitrogens with zero attached hydrogens (tertiary/aromatic N) is 1. The van der Waals surface area contributed by atoms with Crippen LogP contribution in [0.3, 0.4) is 0 Å². The molecule has 0 saturated carbocycles. The van der Waals surface area contributed by atoms with Crippen molar-refractivity contribution in [2.45, 2.75) is 20.0 Å². The van der Waals surface area contributed by atoms with Crippen molar-refractivity contribution in [2.24, 2.45) is 5.92 Å². The normalized spacial score (nSPS) is 12.9. The van der Waals surface area contributed by atoms with Crippen LogP contribution < -0.4 is 4.90 Å². The van der Waals surface area contributed by atoms with Gasteiger partial charge in [-0.2, -0.15) is 0 Å². The molecule has 0 N–H and O–H groups in total. The molecule has 1 rings (SSSR count). The number of methoxy groups -OCH3 is 1. The van der Waals surface area contributed by atoms with Crippen LogP contribution in [0.25, 0.3) is 0 Å². The molecule has 84 valence electrons. The van der Waals surface area contributed by atoms with Gasteiger partial charge in [0.2, 0.25) is 0 Å².